The van der Waals surface area contributed by atoms with Gasteiger partial charge >= 0.3 is 0 Å². The van der Waals surface area contributed by atoms with Gasteiger partial charge in [0.05, 0.1) is 0 Å². The van der Waals surface area contributed by atoms with Crippen LogP contribution in [0.25, 0.3) is 11.0 Å². The first-order valence-corrected chi connectivity index (χ1v) is 4.58. The Bertz CT molecular complexity index is 404. The van der Waals surface area contributed by atoms with E-state index < -0.39 is 0 Å². The predicted molar refractivity (Wildman–Crippen MR) is 66.2 cm³/mol. The summed E-state index contributed by atoms with van der Waals surface area (Å²) in [6, 6.07) is 6.27. The summed E-state index contributed by atoms with van der Waals surface area (Å²) in [6.07, 6.45) is 1.82. The van der Waals surface area contributed by atoms with Crippen LogP contribution in [0.2, 0.25) is 0 Å². The van der Waals surface area contributed by atoms with Gasteiger partial charge in [-0.25, -0.2) is 4.98 Å². The van der Waals surface area contributed by atoms with Crippen LogP contribution in [0.4, 0.5) is 0 Å². The number of H-pyrrole nitrogens is 1. The second kappa shape index (κ2) is 4.84. The monoisotopic (exact) mass is 245 g/mol. The maximum atomic E-state index is 4.27. The molecule has 1 aliphatic heterocycles. The number of fused-ring (bicyclic) bond motifs is 1. The standard InChI is InChI=1S/C10H11N3.2ClH/c1-2-7-4-9(8-5-11-6-8)13-10(7)12-3-1;;/h1-4,8,11H,5-6H2,(H,12,13);2*1H. The van der Waals surface area contributed by atoms with Crippen LogP contribution in [0.1, 0.15) is 11.6 Å². The molecule has 5 heteroatoms. The molecule has 0 aromatic carbocycles. The third kappa shape index (κ3) is 2.09. The van der Waals surface area contributed by atoms with Crippen molar-refractivity contribution in [2.75, 3.05) is 13.1 Å². The Hall–Kier alpha value is -0.770. The summed E-state index contributed by atoms with van der Waals surface area (Å²) in [5, 5.41) is 4.48. The zero-order chi connectivity index (χ0) is 8.67. The lowest BCUT2D eigenvalue weighted by Gasteiger charge is -2.25. The van der Waals surface area contributed by atoms with Crippen molar-refractivity contribution in [2.24, 2.45) is 0 Å². The van der Waals surface area contributed by atoms with Crippen molar-refractivity contribution in [3.63, 3.8) is 0 Å². The molecule has 0 radical (unpaired) electrons. The van der Waals surface area contributed by atoms with Gasteiger partial charge in [-0.1, -0.05) is 0 Å². The highest BCUT2D eigenvalue weighted by Crippen LogP contribution is 2.22. The van der Waals surface area contributed by atoms with Crippen LogP contribution in [0.5, 0.6) is 0 Å². The summed E-state index contributed by atoms with van der Waals surface area (Å²) < 4.78 is 0. The summed E-state index contributed by atoms with van der Waals surface area (Å²) >= 11 is 0. The van der Waals surface area contributed by atoms with Crippen molar-refractivity contribution in [2.45, 2.75) is 5.92 Å². The Kier molecular flexibility index (Phi) is 3.97. The Morgan fingerprint density at radius 2 is 2.07 bits per heavy atom. The van der Waals surface area contributed by atoms with Crippen molar-refractivity contribution >= 4 is 35.8 Å². The third-order valence-corrected chi connectivity index (χ3v) is 2.63. The molecule has 15 heavy (non-hydrogen) atoms. The van der Waals surface area contributed by atoms with Crippen LogP contribution >= 0.6 is 24.8 Å². The Morgan fingerprint density at radius 3 is 2.67 bits per heavy atom. The predicted octanol–water partition coefficient (Wildman–Crippen LogP) is 2.09. The molecule has 1 fully saturated rings. The molecule has 2 aromatic rings. The Labute approximate surface area is 100 Å². The van der Waals surface area contributed by atoms with Crippen LogP contribution in [-0.4, -0.2) is 23.1 Å². The Morgan fingerprint density at radius 1 is 1.27 bits per heavy atom. The second-order valence-electron chi connectivity index (χ2n) is 3.52. The average Bonchev–Trinajstić information content (AvgIpc) is 2.43. The lowest BCUT2D eigenvalue weighted by atomic mass is 10.00. The number of halogens is 2. The van der Waals surface area contributed by atoms with Crippen molar-refractivity contribution < 1.29 is 0 Å². The van der Waals surface area contributed by atoms with E-state index in [1.54, 1.807) is 0 Å². The molecular weight excluding hydrogens is 233 g/mol. The fraction of sp³-hybridized carbons (Fsp3) is 0.300. The number of nitrogens with zero attached hydrogens (tertiary/aromatic N) is 1. The van der Waals surface area contributed by atoms with E-state index in [1.165, 1.54) is 11.1 Å². The summed E-state index contributed by atoms with van der Waals surface area (Å²) in [4.78, 5) is 7.61. The summed E-state index contributed by atoms with van der Waals surface area (Å²) in [7, 11) is 0. The molecule has 82 valence electrons. The molecule has 0 amide bonds. The van der Waals surface area contributed by atoms with Gasteiger partial charge in [0, 0.05) is 36.3 Å². The van der Waals surface area contributed by atoms with Crippen LogP contribution in [0.3, 0.4) is 0 Å². The number of nitrogens with one attached hydrogen (secondary N) is 2. The van der Waals surface area contributed by atoms with Gasteiger partial charge in [-0.05, 0) is 18.2 Å². The highest BCUT2D eigenvalue weighted by atomic mass is 35.5. The number of hydrogen-bond donors (Lipinski definition) is 2. The first-order chi connectivity index (χ1) is 6.43. The maximum absolute atomic E-state index is 4.27. The van der Waals surface area contributed by atoms with E-state index in [0.29, 0.717) is 5.92 Å². The third-order valence-electron chi connectivity index (χ3n) is 2.63. The van der Waals surface area contributed by atoms with E-state index in [1.807, 2.05) is 12.3 Å². The number of pyridine rings is 1. The molecule has 0 spiro atoms. The second-order valence-corrected chi connectivity index (χ2v) is 3.52. The van der Waals surface area contributed by atoms with E-state index >= 15 is 0 Å². The highest BCUT2D eigenvalue weighted by molar-refractivity contribution is 5.85. The SMILES string of the molecule is Cl.Cl.c1cnc2[nH]c(C3CNC3)cc2c1. The van der Waals surface area contributed by atoms with Gasteiger partial charge in [0.1, 0.15) is 5.65 Å². The first kappa shape index (κ1) is 12.3. The molecule has 3 heterocycles. The molecule has 0 unspecified atom stereocenters. The van der Waals surface area contributed by atoms with Crippen LogP contribution in [-0.2, 0) is 0 Å². The van der Waals surface area contributed by atoms with Gasteiger partial charge in [0.25, 0.3) is 0 Å². The first-order valence-electron chi connectivity index (χ1n) is 4.58. The molecule has 0 atom stereocenters. The molecule has 0 bridgehead atoms. The zero-order valence-corrected chi connectivity index (χ0v) is 9.70. The molecule has 1 saturated heterocycles. The maximum Gasteiger partial charge on any atom is 0.137 e. The van der Waals surface area contributed by atoms with E-state index in [2.05, 4.69) is 27.4 Å². The fourth-order valence-corrected chi connectivity index (χ4v) is 1.71. The van der Waals surface area contributed by atoms with E-state index in [-0.39, 0.29) is 24.8 Å². The van der Waals surface area contributed by atoms with Gasteiger partial charge in [0.15, 0.2) is 0 Å². The zero-order valence-electron chi connectivity index (χ0n) is 8.06. The molecule has 2 aromatic heterocycles. The topological polar surface area (TPSA) is 40.7 Å². The molecule has 1 aliphatic rings. The molecule has 3 rings (SSSR count). The number of hydrogen-bond acceptors (Lipinski definition) is 2. The van der Waals surface area contributed by atoms with Crippen LogP contribution < -0.4 is 5.32 Å². The molecule has 0 saturated carbocycles. The van der Waals surface area contributed by atoms with E-state index in [9.17, 15) is 0 Å². The van der Waals surface area contributed by atoms with Crippen molar-refractivity contribution in [1.82, 2.24) is 15.3 Å². The molecular formula is C10H13Cl2N3. The summed E-state index contributed by atoms with van der Waals surface area (Å²) in [5.74, 6) is 0.661. The Balaban J connectivity index is 0.000000562. The quantitative estimate of drug-likeness (QED) is 0.808. The van der Waals surface area contributed by atoms with Gasteiger partial charge < -0.3 is 10.3 Å². The van der Waals surface area contributed by atoms with Gasteiger partial charge in [-0.3, -0.25) is 0 Å². The van der Waals surface area contributed by atoms with Crippen LogP contribution in [0.15, 0.2) is 24.4 Å². The minimum absolute atomic E-state index is 0. The van der Waals surface area contributed by atoms with Crippen molar-refractivity contribution in [1.29, 1.82) is 0 Å². The number of aromatic amines is 1. The minimum Gasteiger partial charge on any atom is -0.343 e. The molecule has 3 nitrogen and oxygen atoms in total. The normalized spacial score (nSPS) is 15.2. The average molecular weight is 246 g/mol. The van der Waals surface area contributed by atoms with E-state index in [0.717, 1.165) is 18.7 Å². The lowest BCUT2D eigenvalue weighted by Crippen LogP contribution is -2.40. The van der Waals surface area contributed by atoms with Crippen LogP contribution in [0, 0.1) is 0 Å². The van der Waals surface area contributed by atoms with Gasteiger partial charge in [-0.15, -0.1) is 24.8 Å². The van der Waals surface area contributed by atoms with Crippen molar-refractivity contribution in [3.8, 4) is 0 Å². The fourth-order valence-electron chi connectivity index (χ4n) is 1.71. The smallest absolute Gasteiger partial charge is 0.137 e. The van der Waals surface area contributed by atoms with E-state index in [4.69, 9.17) is 0 Å². The van der Waals surface area contributed by atoms with Gasteiger partial charge in [0.2, 0.25) is 0 Å². The van der Waals surface area contributed by atoms with Gasteiger partial charge in [-0.2, -0.15) is 0 Å². The molecule has 2 N–H and O–H groups in total. The summed E-state index contributed by atoms with van der Waals surface area (Å²) in [6.45, 7) is 2.18. The highest BCUT2D eigenvalue weighted by Gasteiger charge is 2.20. The number of rotatable bonds is 1. The summed E-state index contributed by atoms with van der Waals surface area (Å²) in [5.41, 5.74) is 2.32. The van der Waals surface area contributed by atoms with Crippen molar-refractivity contribution in [3.05, 3.63) is 30.1 Å². The lowest BCUT2D eigenvalue weighted by molar-refractivity contribution is 0.442. The molecule has 0 aliphatic carbocycles. The minimum atomic E-state index is 0. The number of aromatic nitrogens is 2. The largest absolute Gasteiger partial charge is 0.343 e.